The van der Waals surface area contributed by atoms with Crippen molar-refractivity contribution in [2.75, 3.05) is 0 Å². The molecule has 2 rings (SSSR count). The lowest BCUT2D eigenvalue weighted by Crippen LogP contribution is -2.25. The predicted octanol–water partition coefficient (Wildman–Crippen LogP) is 3.38. The zero-order chi connectivity index (χ0) is 10.3. The summed E-state index contributed by atoms with van der Waals surface area (Å²) in [7, 11) is 0. The fraction of sp³-hybridized carbons (Fsp3) is 0.455. The van der Waals surface area contributed by atoms with E-state index in [-0.39, 0.29) is 11.8 Å². The lowest BCUT2D eigenvalue weighted by molar-refractivity contribution is 0.101. The Morgan fingerprint density at radius 1 is 1.36 bits per heavy atom. The summed E-state index contributed by atoms with van der Waals surface area (Å²) in [5, 5.41) is 2.73. The van der Waals surface area contributed by atoms with Crippen LogP contribution in [0.1, 0.15) is 32.6 Å². The third kappa shape index (κ3) is 1.92. The van der Waals surface area contributed by atoms with Crippen LogP contribution in [0.4, 0.5) is 0 Å². The van der Waals surface area contributed by atoms with Crippen molar-refractivity contribution in [1.29, 1.82) is 0 Å². The molecule has 0 N–H and O–H groups in total. The minimum Gasteiger partial charge on any atom is -0.269 e. The lowest BCUT2D eigenvalue weighted by Gasteiger charge is -2.16. The van der Waals surface area contributed by atoms with Crippen LogP contribution in [0.25, 0.3) is 0 Å². The number of halogens is 1. The summed E-state index contributed by atoms with van der Waals surface area (Å²) in [5.74, 6) is 0. The zero-order valence-corrected chi connectivity index (χ0v) is 9.38. The van der Waals surface area contributed by atoms with Gasteiger partial charge in [0.05, 0.1) is 0 Å². The number of benzene rings is 1. The first-order valence-corrected chi connectivity index (χ1v) is 5.08. The highest BCUT2D eigenvalue weighted by Gasteiger charge is 2.45. The van der Waals surface area contributed by atoms with E-state index >= 15 is 0 Å². The molecule has 0 aromatic heterocycles. The fourth-order valence-corrected chi connectivity index (χ4v) is 1.65. The second-order valence-electron chi connectivity index (χ2n) is 4.51. The van der Waals surface area contributed by atoms with Gasteiger partial charge in [0.2, 0.25) is 0 Å². The van der Waals surface area contributed by atoms with E-state index in [4.69, 9.17) is 16.4 Å². The number of hydrogen-bond donors (Lipinski definition) is 0. The molecular formula is C11H14ClNO. The van der Waals surface area contributed by atoms with E-state index in [2.05, 4.69) is 20.8 Å². The first-order valence-electron chi connectivity index (χ1n) is 4.70. The fourth-order valence-electron chi connectivity index (χ4n) is 1.45. The zero-order valence-electron chi connectivity index (χ0n) is 8.62. The number of hydroxylamine groups is 2. The van der Waals surface area contributed by atoms with E-state index in [0.29, 0.717) is 0 Å². The van der Waals surface area contributed by atoms with Gasteiger partial charge in [-0.05, 0) is 32.9 Å². The lowest BCUT2D eigenvalue weighted by atomic mass is 10.1. The topological polar surface area (TPSA) is 15.5 Å². The minimum absolute atomic E-state index is 0.0486. The van der Waals surface area contributed by atoms with Gasteiger partial charge < -0.3 is 0 Å². The van der Waals surface area contributed by atoms with E-state index in [1.165, 1.54) is 0 Å². The molecule has 0 spiro atoms. The Morgan fingerprint density at radius 2 is 2.07 bits per heavy atom. The molecule has 0 aliphatic carbocycles. The largest absolute Gasteiger partial charge is 0.269 e. The van der Waals surface area contributed by atoms with E-state index in [0.717, 1.165) is 10.6 Å². The molecule has 1 aromatic rings. The van der Waals surface area contributed by atoms with Gasteiger partial charge in [0.1, 0.15) is 0 Å². The highest BCUT2D eigenvalue weighted by Crippen LogP contribution is 2.43. The number of rotatable bonds is 1. The summed E-state index contributed by atoms with van der Waals surface area (Å²) in [6.45, 7) is 6.37. The van der Waals surface area contributed by atoms with Crippen LogP contribution in [-0.4, -0.2) is 10.6 Å². The number of nitrogens with zero attached hydrogens (tertiary/aromatic N) is 1. The first kappa shape index (κ1) is 9.97. The SMILES string of the molecule is CC(C)(C)N1O[C@@H]1c1cccc(Cl)c1. The smallest absolute Gasteiger partial charge is 0.180 e. The average molecular weight is 212 g/mol. The van der Waals surface area contributed by atoms with E-state index in [1.807, 2.05) is 29.3 Å². The van der Waals surface area contributed by atoms with Gasteiger partial charge in [-0.1, -0.05) is 23.7 Å². The summed E-state index contributed by atoms with van der Waals surface area (Å²) in [6.07, 6.45) is 0.0775. The van der Waals surface area contributed by atoms with Crippen molar-refractivity contribution in [2.45, 2.75) is 32.5 Å². The van der Waals surface area contributed by atoms with Gasteiger partial charge in [0.15, 0.2) is 6.23 Å². The summed E-state index contributed by atoms with van der Waals surface area (Å²) in [4.78, 5) is 5.50. The Morgan fingerprint density at radius 3 is 2.57 bits per heavy atom. The Kier molecular flexibility index (Phi) is 2.30. The van der Waals surface area contributed by atoms with Gasteiger partial charge in [-0.25, -0.2) is 0 Å². The van der Waals surface area contributed by atoms with Gasteiger partial charge in [-0.3, -0.25) is 4.84 Å². The van der Waals surface area contributed by atoms with Gasteiger partial charge in [-0.15, -0.1) is 5.06 Å². The molecule has 0 amide bonds. The molecule has 2 atom stereocenters. The van der Waals surface area contributed by atoms with E-state index in [1.54, 1.807) is 0 Å². The normalized spacial score (nSPS) is 26.3. The molecule has 1 saturated heterocycles. The molecule has 1 unspecified atom stereocenters. The second-order valence-corrected chi connectivity index (χ2v) is 4.95. The van der Waals surface area contributed by atoms with Crippen LogP contribution in [0.5, 0.6) is 0 Å². The summed E-state index contributed by atoms with van der Waals surface area (Å²) in [6, 6.07) is 7.79. The average Bonchev–Trinajstić information content (AvgIpc) is 2.81. The maximum atomic E-state index is 5.90. The molecule has 2 nitrogen and oxygen atoms in total. The maximum Gasteiger partial charge on any atom is 0.180 e. The Hall–Kier alpha value is -0.570. The monoisotopic (exact) mass is 211 g/mol. The van der Waals surface area contributed by atoms with Gasteiger partial charge in [0, 0.05) is 16.1 Å². The van der Waals surface area contributed by atoms with Crippen molar-refractivity contribution in [2.24, 2.45) is 0 Å². The van der Waals surface area contributed by atoms with Crippen molar-refractivity contribution in [3.05, 3.63) is 34.9 Å². The van der Waals surface area contributed by atoms with Gasteiger partial charge in [-0.2, -0.15) is 0 Å². The van der Waals surface area contributed by atoms with Crippen LogP contribution in [0, 0.1) is 0 Å². The summed E-state index contributed by atoms with van der Waals surface area (Å²) in [5.41, 5.74) is 1.17. The molecule has 1 aliphatic heterocycles. The standard InChI is InChI=1S/C11H14ClNO/c1-11(2,3)13-10(14-13)8-5-4-6-9(12)7-8/h4-7,10H,1-3H3/t10-,13?/m1/s1. The van der Waals surface area contributed by atoms with Crippen LogP contribution in [0.2, 0.25) is 5.02 Å². The molecular weight excluding hydrogens is 198 g/mol. The molecule has 76 valence electrons. The molecule has 1 heterocycles. The molecule has 14 heavy (non-hydrogen) atoms. The maximum absolute atomic E-state index is 5.90. The van der Waals surface area contributed by atoms with Crippen LogP contribution < -0.4 is 0 Å². The predicted molar refractivity (Wildman–Crippen MR) is 56.9 cm³/mol. The molecule has 0 radical (unpaired) electrons. The third-order valence-corrected chi connectivity index (χ3v) is 2.41. The molecule has 1 aliphatic rings. The highest BCUT2D eigenvalue weighted by atomic mass is 35.5. The molecule has 0 saturated carbocycles. The van der Waals surface area contributed by atoms with Crippen molar-refractivity contribution >= 4 is 11.6 Å². The quantitative estimate of drug-likeness (QED) is 0.662. The van der Waals surface area contributed by atoms with Crippen molar-refractivity contribution in [1.82, 2.24) is 5.06 Å². The second kappa shape index (κ2) is 3.23. The number of hydrogen-bond acceptors (Lipinski definition) is 2. The van der Waals surface area contributed by atoms with Crippen molar-refractivity contribution < 1.29 is 4.84 Å². The Labute approximate surface area is 89.4 Å². The molecule has 0 bridgehead atoms. The third-order valence-electron chi connectivity index (χ3n) is 2.18. The Bertz CT molecular complexity index is 345. The van der Waals surface area contributed by atoms with E-state index < -0.39 is 0 Å². The van der Waals surface area contributed by atoms with Crippen LogP contribution >= 0.6 is 11.6 Å². The van der Waals surface area contributed by atoms with Crippen LogP contribution in [-0.2, 0) is 4.84 Å². The first-order chi connectivity index (χ1) is 6.48. The summed E-state index contributed by atoms with van der Waals surface area (Å²) < 4.78 is 0. The van der Waals surface area contributed by atoms with Crippen LogP contribution in [0.15, 0.2) is 24.3 Å². The van der Waals surface area contributed by atoms with E-state index in [9.17, 15) is 0 Å². The molecule has 3 heteroatoms. The van der Waals surface area contributed by atoms with Crippen LogP contribution in [0.3, 0.4) is 0 Å². The molecule has 1 fully saturated rings. The van der Waals surface area contributed by atoms with Crippen molar-refractivity contribution in [3.63, 3.8) is 0 Å². The van der Waals surface area contributed by atoms with Gasteiger partial charge >= 0.3 is 0 Å². The van der Waals surface area contributed by atoms with Crippen molar-refractivity contribution in [3.8, 4) is 0 Å². The highest BCUT2D eigenvalue weighted by molar-refractivity contribution is 6.30. The van der Waals surface area contributed by atoms with Gasteiger partial charge in [0.25, 0.3) is 0 Å². The minimum atomic E-state index is 0.0486. The molecule has 1 aromatic carbocycles. The summed E-state index contributed by atoms with van der Waals surface area (Å²) >= 11 is 5.90. The Balaban J connectivity index is 2.14.